The van der Waals surface area contributed by atoms with E-state index in [4.69, 9.17) is 11.6 Å². The first-order valence-electron chi connectivity index (χ1n) is 10.8. The van der Waals surface area contributed by atoms with Gasteiger partial charge in [-0.1, -0.05) is 17.7 Å². The molecule has 2 aliphatic heterocycles. The number of carbonyl (C=O) groups is 1. The van der Waals surface area contributed by atoms with Crippen molar-refractivity contribution in [1.82, 2.24) is 19.8 Å². The topological polar surface area (TPSA) is 67.8 Å². The van der Waals surface area contributed by atoms with E-state index in [-0.39, 0.29) is 6.03 Å². The summed E-state index contributed by atoms with van der Waals surface area (Å²) in [6, 6.07) is 7.54. The van der Waals surface area contributed by atoms with Crippen molar-refractivity contribution in [3.8, 4) is 0 Å². The number of hydrogen-bond donors (Lipinski definition) is 1. The van der Waals surface area contributed by atoms with Crippen LogP contribution in [0.25, 0.3) is 0 Å². The first-order valence-corrected chi connectivity index (χ1v) is 11.1. The number of urea groups is 1. The molecule has 0 radical (unpaired) electrons. The van der Waals surface area contributed by atoms with Crippen molar-refractivity contribution in [2.45, 2.75) is 13.8 Å². The molecule has 2 amide bonds. The highest BCUT2D eigenvalue weighted by Gasteiger charge is 2.24. The molecule has 3 heterocycles. The predicted octanol–water partition coefficient (Wildman–Crippen LogP) is 2.85. The fourth-order valence-electron chi connectivity index (χ4n) is 3.97. The fraction of sp³-hybridized carbons (Fsp3) is 0.500. The molecule has 4 rings (SSSR count). The Kier molecular flexibility index (Phi) is 6.48. The number of halogens is 1. The van der Waals surface area contributed by atoms with Gasteiger partial charge in [0.2, 0.25) is 0 Å². The van der Waals surface area contributed by atoms with E-state index in [1.165, 1.54) is 0 Å². The quantitative estimate of drug-likeness (QED) is 0.786. The summed E-state index contributed by atoms with van der Waals surface area (Å²) < 4.78 is 0. The largest absolute Gasteiger partial charge is 0.354 e. The highest BCUT2D eigenvalue weighted by Crippen LogP contribution is 2.24. The van der Waals surface area contributed by atoms with Gasteiger partial charge in [-0.15, -0.1) is 0 Å². The van der Waals surface area contributed by atoms with Gasteiger partial charge < -0.3 is 24.9 Å². The van der Waals surface area contributed by atoms with E-state index in [0.29, 0.717) is 18.1 Å². The van der Waals surface area contributed by atoms with Crippen molar-refractivity contribution in [3.05, 3.63) is 40.7 Å². The van der Waals surface area contributed by atoms with Crippen molar-refractivity contribution in [2.75, 3.05) is 74.5 Å². The Balaban J connectivity index is 1.38. The average molecular weight is 444 g/mol. The molecule has 9 heteroatoms. The zero-order valence-corrected chi connectivity index (χ0v) is 19.2. The molecule has 1 aromatic carbocycles. The van der Waals surface area contributed by atoms with Crippen molar-refractivity contribution in [1.29, 1.82) is 0 Å². The molecule has 1 N–H and O–H groups in total. The number of hydrogen-bond acceptors (Lipinski definition) is 6. The van der Waals surface area contributed by atoms with Gasteiger partial charge in [-0.2, -0.15) is 0 Å². The minimum absolute atomic E-state index is 0.0954. The highest BCUT2D eigenvalue weighted by molar-refractivity contribution is 6.31. The van der Waals surface area contributed by atoms with Crippen LogP contribution in [0, 0.1) is 13.8 Å². The van der Waals surface area contributed by atoms with Crippen LogP contribution >= 0.6 is 11.6 Å². The Labute approximate surface area is 188 Å². The van der Waals surface area contributed by atoms with Gasteiger partial charge in [-0.3, -0.25) is 0 Å². The fourth-order valence-corrected chi connectivity index (χ4v) is 4.15. The van der Waals surface area contributed by atoms with Crippen LogP contribution in [0.15, 0.2) is 24.3 Å². The lowest BCUT2D eigenvalue weighted by Crippen LogP contribution is -2.50. The number of aromatic nitrogens is 2. The average Bonchev–Trinajstić information content (AvgIpc) is 2.77. The van der Waals surface area contributed by atoms with Gasteiger partial charge in [0.05, 0.1) is 0 Å². The molecule has 0 bridgehead atoms. The number of nitrogens with zero attached hydrogens (tertiary/aromatic N) is 6. The van der Waals surface area contributed by atoms with E-state index in [1.807, 2.05) is 36.9 Å². The highest BCUT2D eigenvalue weighted by atomic mass is 35.5. The minimum atomic E-state index is -0.0954. The Morgan fingerprint density at radius 1 is 0.935 bits per heavy atom. The van der Waals surface area contributed by atoms with Crippen LogP contribution in [-0.4, -0.2) is 85.2 Å². The lowest BCUT2D eigenvalue weighted by molar-refractivity contribution is 0.208. The van der Waals surface area contributed by atoms with Gasteiger partial charge in [0.25, 0.3) is 0 Å². The second-order valence-electron chi connectivity index (χ2n) is 8.24. The van der Waals surface area contributed by atoms with Gasteiger partial charge in [0.1, 0.15) is 17.5 Å². The third-order valence-corrected chi connectivity index (χ3v) is 6.45. The first kappa shape index (κ1) is 21.6. The summed E-state index contributed by atoms with van der Waals surface area (Å²) in [5.74, 6) is 2.71. The number of amides is 2. The molecule has 2 fully saturated rings. The summed E-state index contributed by atoms with van der Waals surface area (Å²) in [5.41, 5.74) is 1.63. The molecular weight excluding hydrogens is 414 g/mol. The number of nitrogens with one attached hydrogen (secondary N) is 1. The summed E-state index contributed by atoms with van der Waals surface area (Å²) in [5, 5.41) is 3.64. The predicted molar refractivity (Wildman–Crippen MR) is 125 cm³/mol. The van der Waals surface area contributed by atoms with E-state index >= 15 is 0 Å². The SMILES string of the molecule is Cc1nc(N2CCN(C)CC2)cc(N2CCN(C(=O)Nc3cccc(Cl)c3C)CC2)n1. The van der Waals surface area contributed by atoms with E-state index in [1.54, 1.807) is 0 Å². The third-order valence-electron chi connectivity index (χ3n) is 6.04. The second kappa shape index (κ2) is 9.28. The monoisotopic (exact) mass is 443 g/mol. The van der Waals surface area contributed by atoms with Crippen molar-refractivity contribution in [2.24, 2.45) is 0 Å². The van der Waals surface area contributed by atoms with Crippen LogP contribution in [0.2, 0.25) is 5.02 Å². The molecule has 1 aromatic heterocycles. The summed E-state index contributed by atoms with van der Waals surface area (Å²) in [7, 11) is 2.15. The molecule has 2 aromatic rings. The minimum Gasteiger partial charge on any atom is -0.354 e. The van der Waals surface area contributed by atoms with E-state index in [9.17, 15) is 4.79 Å². The van der Waals surface area contributed by atoms with E-state index in [2.05, 4.69) is 43.1 Å². The number of benzene rings is 1. The molecule has 31 heavy (non-hydrogen) atoms. The normalized spacial score (nSPS) is 17.7. The smallest absolute Gasteiger partial charge is 0.321 e. The number of anilines is 3. The molecule has 2 saturated heterocycles. The second-order valence-corrected chi connectivity index (χ2v) is 8.65. The van der Waals surface area contributed by atoms with Crippen LogP contribution < -0.4 is 15.1 Å². The van der Waals surface area contributed by atoms with E-state index in [0.717, 1.165) is 68.0 Å². The van der Waals surface area contributed by atoms with Crippen LogP contribution in [0.1, 0.15) is 11.4 Å². The van der Waals surface area contributed by atoms with Gasteiger partial charge in [0.15, 0.2) is 0 Å². The zero-order chi connectivity index (χ0) is 22.0. The first-order chi connectivity index (χ1) is 14.9. The summed E-state index contributed by atoms with van der Waals surface area (Å²) in [6.45, 7) is 10.6. The summed E-state index contributed by atoms with van der Waals surface area (Å²) >= 11 is 6.17. The number of aryl methyl sites for hydroxylation is 1. The van der Waals surface area contributed by atoms with Crippen molar-refractivity contribution >= 4 is 35.0 Å². The maximum atomic E-state index is 12.7. The third kappa shape index (κ3) is 5.02. The van der Waals surface area contributed by atoms with Crippen LogP contribution in [0.3, 0.4) is 0 Å². The standard InChI is InChI=1S/C22H30ClN7O/c1-16-18(23)5-4-6-19(16)26-22(31)30-13-11-29(12-14-30)21-15-20(24-17(2)25-21)28-9-7-27(3)8-10-28/h4-6,15H,7-14H2,1-3H3,(H,26,31). The van der Waals surface area contributed by atoms with Crippen LogP contribution in [0.5, 0.6) is 0 Å². The zero-order valence-electron chi connectivity index (χ0n) is 18.4. The van der Waals surface area contributed by atoms with E-state index < -0.39 is 0 Å². The van der Waals surface area contributed by atoms with Crippen LogP contribution in [-0.2, 0) is 0 Å². The summed E-state index contributed by atoms with van der Waals surface area (Å²) in [6.07, 6.45) is 0. The van der Waals surface area contributed by atoms with Crippen LogP contribution in [0.4, 0.5) is 22.1 Å². The molecule has 166 valence electrons. The molecule has 0 unspecified atom stereocenters. The molecule has 8 nitrogen and oxygen atoms in total. The Bertz CT molecular complexity index is 937. The van der Waals surface area contributed by atoms with Gasteiger partial charge in [-0.05, 0) is 38.6 Å². The van der Waals surface area contributed by atoms with Gasteiger partial charge >= 0.3 is 6.03 Å². The summed E-state index contributed by atoms with van der Waals surface area (Å²) in [4.78, 5) is 30.8. The Morgan fingerprint density at radius 2 is 1.52 bits per heavy atom. The lowest BCUT2D eigenvalue weighted by Gasteiger charge is -2.36. The molecule has 2 aliphatic rings. The van der Waals surface area contributed by atoms with Gasteiger partial charge in [-0.25, -0.2) is 14.8 Å². The Hall–Kier alpha value is -2.58. The number of carbonyl (C=O) groups excluding carboxylic acids is 1. The van der Waals surface area contributed by atoms with Crippen molar-refractivity contribution in [3.63, 3.8) is 0 Å². The van der Waals surface area contributed by atoms with Gasteiger partial charge in [0, 0.05) is 69.1 Å². The molecular formula is C22H30ClN7O. The maximum Gasteiger partial charge on any atom is 0.321 e. The Morgan fingerprint density at radius 3 is 2.13 bits per heavy atom. The maximum absolute atomic E-state index is 12.7. The molecule has 0 atom stereocenters. The number of rotatable bonds is 3. The molecule has 0 aliphatic carbocycles. The number of likely N-dealkylation sites (N-methyl/N-ethyl adjacent to an activating group) is 1. The number of piperazine rings is 2. The molecule has 0 spiro atoms. The van der Waals surface area contributed by atoms with Crippen molar-refractivity contribution < 1.29 is 4.79 Å². The lowest BCUT2D eigenvalue weighted by atomic mass is 10.2. The molecule has 0 saturated carbocycles.